The van der Waals surface area contributed by atoms with E-state index in [4.69, 9.17) is 4.74 Å². The summed E-state index contributed by atoms with van der Waals surface area (Å²) in [4.78, 5) is 38.4. The van der Waals surface area contributed by atoms with Crippen LogP contribution in [0.5, 0.6) is 5.75 Å². The number of carbonyl (C=O) groups excluding carboxylic acids is 2. The number of benzene rings is 3. The number of hydrogen-bond donors (Lipinski definition) is 1. The van der Waals surface area contributed by atoms with E-state index in [9.17, 15) is 24.8 Å². The van der Waals surface area contributed by atoms with Gasteiger partial charge in [0.25, 0.3) is 17.4 Å². The first kappa shape index (κ1) is 22.7. The molecule has 1 N–H and O–H groups in total. The largest absolute Gasteiger partial charge is 0.507 e. The summed E-state index contributed by atoms with van der Waals surface area (Å²) in [5.74, 6) is -1.52. The Labute approximate surface area is 195 Å². The van der Waals surface area contributed by atoms with Gasteiger partial charge in [0.1, 0.15) is 11.5 Å². The van der Waals surface area contributed by atoms with Crippen LogP contribution in [0.25, 0.3) is 5.76 Å². The number of carbonyl (C=O) groups is 2. The Balaban J connectivity index is 1.88. The van der Waals surface area contributed by atoms with Crippen molar-refractivity contribution in [3.8, 4) is 5.75 Å². The molecule has 3 aromatic rings. The molecule has 0 radical (unpaired) electrons. The molecule has 0 bridgehead atoms. The van der Waals surface area contributed by atoms with Gasteiger partial charge < -0.3 is 14.7 Å². The van der Waals surface area contributed by atoms with Gasteiger partial charge in [-0.1, -0.05) is 54.6 Å². The number of nitro groups is 1. The van der Waals surface area contributed by atoms with Gasteiger partial charge in [0.2, 0.25) is 0 Å². The summed E-state index contributed by atoms with van der Waals surface area (Å²) >= 11 is 0. The van der Waals surface area contributed by atoms with E-state index in [1.165, 1.54) is 23.1 Å². The van der Waals surface area contributed by atoms with E-state index >= 15 is 0 Å². The van der Waals surface area contributed by atoms with Crippen LogP contribution in [0.4, 0.5) is 5.69 Å². The second-order valence-corrected chi connectivity index (χ2v) is 7.73. The summed E-state index contributed by atoms with van der Waals surface area (Å²) in [6.07, 6.45) is 0. The molecule has 4 rings (SSSR count). The molecule has 1 atom stereocenters. The minimum absolute atomic E-state index is 0.0918. The lowest BCUT2D eigenvalue weighted by atomic mass is 9.94. The van der Waals surface area contributed by atoms with Crippen LogP contribution < -0.4 is 4.74 Å². The van der Waals surface area contributed by atoms with Crippen molar-refractivity contribution in [2.75, 3.05) is 6.61 Å². The van der Waals surface area contributed by atoms with Crippen LogP contribution >= 0.6 is 0 Å². The molecule has 8 nitrogen and oxygen atoms in total. The van der Waals surface area contributed by atoms with Gasteiger partial charge in [-0.05, 0) is 30.2 Å². The minimum atomic E-state index is -1.00. The maximum absolute atomic E-state index is 13.2. The Morgan fingerprint density at radius 3 is 2.47 bits per heavy atom. The Morgan fingerprint density at radius 2 is 1.76 bits per heavy atom. The predicted molar refractivity (Wildman–Crippen MR) is 125 cm³/mol. The number of likely N-dealkylation sites (tertiary alicyclic amines) is 1. The van der Waals surface area contributed by atoms with Gasteiger partial charge in [-0.25, -0.2) is 0 Å². The smallest absolute Gasteiger partial charge is 0.295 e. The lowest BCUT2D eigenvalue weighted by molar-refractivity contribution is -0.384. The number of non-ortho nitro benzene ring substituents is 1. The molecule has 0 spiro atoms. The van der Waals surface area contributed by atoms with E-state index in [-0.39, 0.29) is 23.6 Å². The number of aliphatic hydroxyl groups is 1. The van der Waals surface area contributed by atoms with E-state index in [0.29, 0.717) is 23.5 Å². The average Bonchev–Trinajstić information content (AvgIpc) is 3.09. The quantitative estimate of drug-likeness (QED) is 0.182. The van der Waals surface area contributed by atoms with Crippen LogP contribution in [0.2, 0.25) is 0 Å². The molecule has 1 saturated heterocycles. The van der Waals surface area contributed by atoms with Gasteiger partial charge >= 0.3 is 0 Å². The van der Waals surface area contributed by atoms with Crippen LogP contribution in [0, 0.1) is 10.1 Å². The van der Waals surface area contributed by atoms with E-state index in [0.717, 1.165) is 5.56 Å². The molecular formula is C26H22N2O6. The van der Waals surface area contributed by atoms with Crippen LogP contribution in [-0.4, -0.2) is 33.2 Å². The molecule has 1 aliphatic rings. The molecule has 1 unspecified atom stereocenters. The number of nitro benzene ring substituents is 1. The molecule has 1 fully saturated rings. The molecule has 8 heteroatoms. The highest BCUT2D eigenvalue weighted by Gasteiger charge is 2.46. The van der Waals surface area contributed by atoms with Crippen molar-refractivity contribution in [3.05, 3.63) is 111 Å². The van der Waals surface area contributed by atoms with Crippen LogP contribution in [0.1, 0.15) is 29.7 Å². The van der Waals surface area contributed by atoms with Crippen molar-refractivity contribution in [1.29, 1.82) is 0 Å². The van der Waals surface area contributed by atoms with Gasteiger partial charge in [0.15, 0.2) is 0 Å². The summed E-state index contributed by atoms with van der Waals surface area (Å²) in [6.45, 7) is 2.33. The van der Waals surface area contributed by atoms with Gasteiger partial charge in [0, 0.05) is 24.2 Å². The normalized spacial score (nSPS) is 17.1. The van der Waals surface area contributed by atoms with Crippen LogP contribution in [-0.2, 0) is 16.1 Å². The number of rotatable bonds is 7. The second kappa shape index (κ2) is 9.58. The third-order valence-corrected chi connectivity index (χ3v) is 5.55. The fraction of sp³-hybridized carbons (Fsp3) is 0.154. The van der Waals surface area contributed by atoms with E-state index in [2.05, 4.69) is 0 Å². The zero-order valence-electron chi connectivity index (χ0n) is 18.4. The van der Waals surface area contributed by atoms with Gasteiger partial charge in [-0.15, -0.1) is 0 Å². The van der Waals surface area contributed by atoms with E-state index < -0.39 is 22.7 Å². The maximum atomic E-state index is 13.2. The molecule has 172 valence electrons. The molecule has 0 aliphatic carbocycles. The van der Waals surface area contributed by atoms with Crippen molar-refractivity contribution in [2.45, 2.75) is 19.5 Å². The van der Waals surface area contributed by atoms with Gasteiger partial charge in [-0.3, -0.25) is 19.7 Å². The Morgan fingerprint density at radius 1 is 1.03 bits per heavy atom. The fourth-order valence-corrected chi connectivity index (χ4v) is 4.03. The highest BCUT2D eigenvalue weighted by molar-refractivity contribution is 6.46. The number of nitrogens with zero attached hydrogens (tertiary/aromatic N) is 2. The van der Waals surface area contributed by atoms with Crippen molar-refractivity contribution >= 4 is 23.1 Å². The summed E-state index contributed by atoms with van der Waals surface area (Å²) < 4.78 is 5.49. The number of amides is 1. The third kappa shape index (κ3) is 4.38. The zero-order valence-corrected chi connectivity index (χ0v) is 18.4. The maximum Gasteiger partial charge on any atom is 0.295 e. The summed E-state index contributed by atoms with van der Waals surface area (Å²) in [7, 11) is 0. The Bertz CT molecular complexity index is 1290. The van der Waals surface area contributed by atoms with Crippen LogP contribution in [0.3, 0.4) is 0 Å². The average molecular weight is 458 g/mol. The molecule has 0 aromatic heterocycles. The molecular weight excluding hydrogens is 436 g/mol. The number of Topliss-reactive ketones (excluding diaryl/α,β-unsaturated/α-hetero) is 1. The first-order valence-corrected chi connectivity index (χ1v) is 10.7. The summed E-state index contributed by atoms with van der Waals surface area (Å²) in [6, 6.07) is 20.4. The summed E-state index contributed by atoms with van der Waals surface area (Å²) in [5.41, 5.74) is 1.13. The lowest BCUT2D eigenvalue weighted by Gasteiger charge is -2.25. The highest BCUT2D eigenvalue weighted by atomic mass is 16.6. The number of hydrogen-bond acceptors (Lipinski definition) is 6. The molecule has 1 amide bonds. The van der Waals surface area contributed by atoms with Gasteiger partial charge in [-0.2, -0.15) is 0 Å². The molecule has 34 heavy (non-hydrogen) atoms. The van der Waals surface area contributed by atoms with Gasteiger partial charge in [0.05, 0.1) is 23.1 Å². The summed E-state index contributed by atoms with van der Waals surface area (Å²) in [5, 5.41) is 22.6. The molecule has 1 aliphatic heterocycles. The standard InChI is InChI=1S/C26H22N2O6/c1-2-34-21-13-7-11-19(15-21)24(29)22-23(18-10-6-12-20(14-18)28(32)33)27(26(31)25(22)30)16-17-8-4-3-5-9-17/h3-15,23,29H,2,16H2,1H3/b24-22+. The number of ether oxygens (including phenoxy) is 1. The van der Waals surface area contributed by atoms with Crippen molar-refractivity contribution in [1.82, 2.24) is 4.90 Å². The fourth-order valence-electron chi connectivity index (χ4n) is 4.03. The third-order valence-electron chi connectivity index (χ3n) is 5.55. The Hall–Kier alpha value is -4.46. The number of ketones is 1. The SMILES string of the molecule is CCOc1cccc(/C(O)=C2\C(=O)C(=O)N(Cc3ccccc3)C2c2cccc([N+](=O)[O-])c2)c1. The highest BCUT2D eigenvalue weighted by Crippen LogP contribution is 2.41. The predicted octanol–water partition coefficient (Wildman–Crippen LogP) is 4.62. The topological polar surface area (TPSA) is 110 Å². The van der Waals surface area contributed by atoms with Crippen molar-refractivity contribution < 1.29 is 24.4 Å². The van der Waals surface area contributed by atoms with E-state index in [1.807, 2.05) is 37.3 Å². The second-order valence-electron chi connectivity index (χ2n) is 7.73. The van der Waals surface area contributed by atoms with Crippen LogP contribution in [0.15, 0.2) is 84.4 Å². The molecule has 1 heterocycles. The first-order valence-electron chi connectivity index (χ1n) is 10.7. The van der Waals surface area contributed by atoms with E-state index in [1.54, 1.807) is 30.3 Å². The first-order chi connectivity index (χ1) is 16.4. The zero-order chi connectivity index (χ0) is 24.2. The number of aliphatic hydroxyl groups excluding tert-OH is 1. The molecule has 3 aromatic carbocycles. The van der Waals surface area contributed by atoms with Crippen molar-refractivity contribution in [3.63, 3.8) is 0 Å². The molecule has 0 saturated carbocycles. The minimum Gasteiger partial charge on any atom is -0.507 e. The lowest BCUT2D eigenvalue weighted by Crippen LogP contribution is -2.29. The van der Waals surface area contributed by atoms with Crippen molar-refractivity contribution in [2.24, 2.45) is 0 Å². The Kier molecular flexibility index (Phi) is 6.40. The monoisotopic (exact) mass is 458 g/mol.